The van der Waals surface area contributed by atoms with Crippen molar-refractivity contribution in [2.45, 2.75) is 26.2 Å². The van der Waals surface area contributed by atoms with Crippen molar-refractivity contribution < 1.29 is 14.3 Å². The highest BCUT2D eigenvalue weighted by molar-refractivity contribution is 9.10. The Bertz CT molecular complexity index is 760. The second-order valence-corrected chi connectivity index (χ2v) is 6.76. The van der Waals surface area contributed by atoms with E-state index in [9.17, 15) is 9.59 Å². The molecule has 2 N–H and O–H groups in total. The molecule has 2 rings (SSSR count). The summed E-state index contributed by atoms with van der Waals surface area (Å²) in [7, 11) is 1.61. The molecule has 2 amide bonds. The first-order chi connectivity index (χ1) is 12.5. The molecular formula is C20H23BrN2O3. The Morgan fingerprint density at radius 3 is 2.50 bits per heavy atom. The number of ether oxygens (including phenoxy) is 1. The third kappa shape index (κ3) is 5.88. The predicted octanol–water partition coefficient (Wildman–Crippen LogP) is 4.17. The highest BCUT2D eigenvalue weighted by atomic mass is 79.9. The first kappa shape index (κ1) is 20.0. The predicted molar refractivity (Wildman–Crippen MR) is 107 cm³/mol. The summed E-state index contributed by atoms with van der Waals surface area (Å²) in [5, 5.41) is 5.46. The molecule has 0 unspecified atom stereocenters. The zero-order chi connectivity index (χ0) is 18.9. The van der Waals surface area contributed by atoms with Crippen LogP contribution in [0.2, 0.25) is 0 Å². The summed E-state index contributed by atoms with van der Waals surface area (Å²) in [5.74, 6) is 0.275. The molecule has 0 fully saturated rings. The van der Waals surface area contributed by atoms with E-state index in [2.05, 4.69) is 33.5 Å². The molecule has 2 aromatic rings. The summed E-state index contributed by atoms with van der Waals surface area (Å²) in [4.78, 5) is 24.1. The van der Waals surface area contributed by atoms with Gasteiger partial charge in [0.1, 0.15) is 5.75 Å². The lowest BCUT2D eigenvalue weighted by Gasteiger charge is -2.12. The molecule has 0 heterocycles. The fraction of sp³-hybridized carbons (Fsp3) is 0.300. The van der Waals surface area contributed by atoms with Gasteiger partial charge in [-0.05, 0) is 42.3 Å². The van der Waals surface area contributed by atoms with E-state index >= 15 is 0 Å². The van der Waals surface area contributed by atoms with Crippen molar-refractivity contribution in [3.05, 3.63) is 58.1 Å². The Morgan fingerprint density at radius 1 is 1.12 bits per heavy atom. The van der Waals surface area contributed by atoms with Crippen molar-refractivity contribution in [2.75, 3.05) is 19.0 Å². The molecule has 0 aliphatic carbocycles. The van der Waals surface area contributed by atoms with Crippen LogP contribution >= 0.6 is 15.9 Å². The first-order valence-electron chi connectivity index (χ1n) is 8.56. The molecule has 26 heavy (non-hydrogen) atoms. The molecule has 138 valence electrons. The molecule has 2 aromatic carbocycles. The Balaban J connectivity index is 2.09. The number of rotatable bonds is 8. The zero-order valence-electron chi connectivity index (χ0n) is 15.0. The smallest absolute Gasteiger partial charge is 0.259 e. The Labute approximate surface area is 162 Å². The number of amides is 2. The van der Waals surface area contributed by atoms with Crippen molar-refractivity contribution >= 4 is 33.4 Å². The quantitative estimate of drug-likeness (QED) is 0.632. The monoisotopic (exact) mass is 418 g/mol. The van der Waals surface area contributed by atoms with E-state index < -0.39 is 0 Å². The summed E-state index contributed by atoms with van der Waals surface area (Å²) in [5.41, 5.74) is 2.02. The fourth-order valence-corrected chi connectivity index (χ4v) is 2.67. The molecule has 0 saturated carbocycles. The number of likely N-dealkylation sites (N-methyl/N-ethyl adjacent to an activating group) is 1. The molecular weight excluding hydrogens is 396 g/mol. The molecule has 0 atom stereocenters. The van der Waals surface area contributed by atoms with Crippen molar-refractivity contribution in [1.82, 2.24) is 5.32 Å². The second-order valence-electron chi connectivity index (χ2n) is 5.84. The topological polar surface area (TPSA) is 67.4 Å². The maximum Gasteiger partial charge on any atom is 0.259 e. The number of unbranched alkanes of at least 4 members (excludes halogenated alkanes) is 1. The van der Waals surface area contributed by atoms with Gasteiger partial charge in [-0.2, -0.15) is 0 Å². The average Bonchev–Trinajstić information content (AvgIpc) is 2.64. The van der Waals surface area contributed by atoms with Gasteiger partial charge in [0.05, 0.1) is 18.6 Å². The number of halogens is 1. The minimum absolute atomic E-state index is 0.0511. The minimum Gasteiger partial charge on any atom is -0.493 e. The fourth-order valence-electron chi connectivity index (χ4n) is 2.31. The van der Waals surface area contributed by atoms with Crippen LogP contribution in [0.1, 0.15) is 35.7 Å². The molecule has 0 aromatic heterocycles. The number of hydrogen-bond acceptors (Lipinski definition) is 3. The lowest BCUT2D eigenvalue weighted by Crippen LogP contribution is -2.19. The van der Waals surface area contributed by atoms with Crippen LogP contribution in [-0.4, -0.2) is 25.5 Å². The number of anilines is 1. The van der Waals surface area contributed by atoms with Gasteiger partial charge in [0.25, 0.3) is 5.91 Å². The van der Waals surface area contributed by atoms with Crippen molar-refractivity contribution in [3.63, 3.8) is 0 Å². The number of nitrogens with one attached hydrogen (secondary N) is 2. The van der Waals surface area contributed by atoms with Crippen LogP contribution in [0.4, 0.5) is 5.69 Å². The highest BCUT2D eigenvalue weighted by Crippen LogP contribution is 2.25. The molecule has 0 aliphatic heterocycles. The number of carbonyl (C=O) groups is 2. The Hall–Kier alpha value is -2.34. The standard InChI is InChI=1S/C20H23BrN2O3/c1-3-4-11-26-18-10-7-15(21)13-17(18)20(25)23-16-8-5-14(6-9-16)12-19(24)22-2/h5-10,13H,3-4,11-12H2,1-2H3,(H,22,24)(H,23,25). The van der Waals surface area contributed by atoms with Gasteiger partial charge in [0.2, 0.25) is 5.91 Å². The van der Waals surface area contributed by atoms with Crippen LogP contribution in [-0.2, 0) is 11.2 Å². The van der Waals surface area contributed by atoms with Crippen LogP contribution in [0.5, 0.6) is 5.75 Å². The normalized spacial score (nSPS) is 10.3. The SMILES string of the molecule is CCCCOc1ccc(Br)cc1C(=O)Nc1ccc(CC(=O)NC)cc1. The number of hydrogen-bond donors (Lipinski definition) is 2. The molecule has 0 aliphatic rings. The third-order valence-electron chi connectivity index (χ3n) is 3.80. The lowest BCUT2D eigenvalue weighted by atomic mass is 10.1. The summed E-state index contributed by atoms with van der Waals surface area (Å²) in [6.45, 7) is 2.67. The molecule has 5 nitrogen and oxygen atoms in total. The van der Waals surface area contributed by atoms with Crippen molar-refractivity contribution in [1.29, 1.82) is 0 Å². The van der Waals surface area contributed by atoms with Crippen LogP contribution < -0.4 is 15.4 Å². The van der Waals surface area contributed by atoms with Crippen molar-refractivity contribution in [3.8, 4) is 5.75 Å². The van der Waals surface area contributed by atoms with E-state index in [1.807, 2.05) is 18.2 Å². The molecule has 6 heteroatoms. The summed E-state index contributed by atoms with van der Waals surface area (Å²) in [6.07, 6.45) is 2.27. The third-order valence-corrected chi connectivity index (χ3v) is 4.29. The summed E-state index contributed by atoms with van der Waals surface area (Å²) in [6, 6.07) is 12.6. The van der Waals surface area contributed by atoms with Gasteiger partial charge < -0.3 is 15.4 Å². The molecule has 0 radical (unpaired) electrons. The summed E-state index contributed by atoms with van der Waals surface area (Å²) >= 11 is 3.40. The maximum absolute atomic E-state index is 12.7. The van der Waals surface area contributed by atoms with Crippen LogP contribution in [0.3, 0.4) is 0 Å². The van der Waals surface area contributed by atoms with Crippen molar-refractivity contribution in [2.24, 2.45) is 0 Å². The van der Waals surface area contributed by atoms with Gasteiger partial charge in [-0.1, -0.05) is 41.4 Å². The van der Waals surface area contributed by atoms with E-state index in [-0.39, 0.29) is 11.8 Å². The van der Waals surface area contributed by atoms with Gasteiger partial charge in [-0.25, -0.2) is 0 Å². The molecule has 0 spiro atoms. The largest absolute Gasteiger partial charge is 0.493 e. The Kier molecular flexibility index (Phi) is 7.66. The van der Waals surface area contributed by atoms with Crippen LogP contribution in [0, 0.1) is 0 Å². The lowest BCUT2D eigenvalue weighted by molar-refractivity contribution is -0.119. The van der Waals surface area contributed by atoms with Gasteiger partial charge in [-0.15, -0.1) is 0 Å². The second kappa shape index (κ2) is 9.97. The van der Waals surface area contributed by atoms with E-state index in [1.54, 1.807) is 31.3 Å². The number of benzene rings is 2. The van der Waals surface area contributed by atoms with E-state index in [4.69, 9.17) is 4.74 Å². The highest BCUT2D eigenvalue weighted by Gasteiger charge is 2.14. The first-order valence-corrected chi connectivity index (χ1v) is 9.36. The van der Waals surface area contributed by atoms with Crippen LogP contribution in [0.15, 0.2) is 46.9 Å². The maximum atomic E-state index is 12.7. The van der Waals surface area contributed by atoms with Gasteiger partial charge in [0.15, 0.2) is 0 Å². The average molecular weight is 419 g/mol. The van der Waals surface area contributed by atoms with E-state index in [1.165, 1.54) is 0 Å². The van der Waals surface area contributed by atoms with E-state index in [0.717, 1.165) is 22.9 Å². The zero-order valence-corrected chi connectivity index (χ0v) is 16.6. The molecule has 0 bridgehead atoms. The van der Waals surface area contributed by atoms with Gasteiger partial charge in [-0.3, -0.25) is 9.59 Å². The van der Waals surface area contributed by atoms with Crippen LogP contribution in [0.25, 0.3) is 0 Å². The van der Waals surface area contributed by atoms with Gasteiger partial charge in [0, 0.05) is 17.2 Å². The minimum atomic E-state index is -0.239. The molecule has 0 saturated heterocycles. The summed E-state index contributed by atoms with van der Waals surface area (Å²) < 4.78 is 6.55. The van der Waals surface area contributed by atoms with Gasteiger partial charge >= 0.3 is 0 Å². The van der Waals surface area contributed by atoms with E-state index in [0.29, 0.717) is 30.0 Å². The Morgan fingerprint density at radius 2 is 1.85 bits per heavy atom. The number of carbonyl (C=O) groups excluding carboxylic acids is 2.